The molecule has 0 bridgehead atoms. The minimum Gasteiger partial charge on any atom is -0.452 e. The fourth-order valence-electron chi connectivity index (χ4n) is 1.34. The lowest BCUT2D eigenvalue weighted by atomic mass is 10.4. The molecule has 18 heavy (non-hydrogen) atoms. The van der Waals surface area contributed by atoms with Crippen molar-refractivity contribution in [1.82, 2.24) is 9.03 Å². The lowest BCUT2D eigenvalue weighted by Crippen LogP contribution is -2.45. The van der Waals surface area contributed by atoms with E-state index in [-0.39, 0.29) is 24.8 Å². The molecule has 1 aliphatic rings. The van der Waals surface area contributed by atoms with Crippen LogP contribution in [0.2, 0.25) is 0 Å². The van der Waals surface area contributed by atoms with Gasteiger partial charge in [0.1, 0.15) is 5.84 Å². The van der Waals surface area contributed by atoms with Crippen LogP contribution in [0, 0.1) is 0 Å². The molecule has 0 aromatic rings. The fourth-order valence-corrected chi connectivity index (χ4v) is 2.69. The number of hydrogen-bond donors (Lipinski definition) is 3. The first-order valence-electron chi connectivity index (χ1n) is 5.24. The van der Waals surface area contributed by atoms with Gasteiger partial charge in [0.2, 0.25) is 0 Å². The smallest absolute Gasteiger partial charge is 0.421 e. The molecule has 0 aromatic carbocycles. The van der Waals surface area contributed by atoms with Gasteiger partial charge in [-0.1, -0.05) is 5.16 Å². The van der Waals surface area contributed by atoms with E-state index in [2.05, 4.69) is 9.89 Å². The molecule has 0 spiro atoms. The summed E-state index contributed by atoms with van der Waals surface area (Å²) in [7, 11) is -2.89. The van der Waals surface area contributed by atoms with E-state index in [1.165, 1.54) is 0 Å². The van der Waals surface area contributed by atoms with E-state index in [4.69, 9.17) is 10.9 Å². The summed E-state index contributed by atoms with van der Waals surface area (Å²) < 4.78 is 30.8. The van der Waals surface area contributed by atoms with E-state index < -0.39 is 16.3 Å². The van der Waals surface area contributed by atoms with Crippen molar-refractivity contribution in [2.75, 3.05) is 13.7 Å². The summed E-state index contributed by atoms with van der Waals surface area (Å²) in [6.07, 6.45) is 0.468. The number of carbonyl (C=O) groups is 1. The van der Waals surface area contributed by atoms with Crippen LogP contribution in [0.25, 0.3) is 0 Å². The van der Waals surface area contributed by atoms with Crippen molar-refractivity contribution in [2.24, 2.45) is 10.9 Å². The summed E-state index contributed by atoms with van der Waals surface area (Å²) in [5.74, 6) is -0.0751. The summed E-state index contributed by atoms with van der Waals surface area (Å²) in [6.45, 7) is 0.0346. The molecule has 0 saturated heterocycles. The predicted molar refractivity (Wildman–Crippen MR) is 62.2 cm³/mol. The number of methoxy groups -OCH3 is 1. The number of oxime groups is 1. The van der Waals surface area contributed by atoms with E-state index in [0.717, 1.165) is 24.3 Å². The lowest BCUT2D eigenvalue weighted by Gasteiger charge is -2.21. The highest BCUT2D eigenvalue weighted by Crippen LogP contribution is 2.28. The second kappa shape index (κ2) is 5.87. The van der Waals surface area contributed by atoms with Crippen molar-refractivity contribution in [3.63, 3.8) is 0 Å². The molecule has 1 aliphatic carbocycles. The van der Waals surface area contributed by atoms with Crippen molar-refractivity contribution in [3.05, 3.63) is 0 Å². The van der Waals surface area contributed by atoms with Crippen molar-refractivity contribution in [3.8, 4) is 0 Å². The van der Waals surface area contributed by atoms with Crippen molar-refractivity contribution in [2.45, 2.75) is 25.3 Å². The van der Waals surface area contributed by atoms with Gasteiger partial charge in [0.25, 0.3) is 0 Å². The number of amides is 1. The van der Waals surface area contributed by atoms with Crippen LogP contribution in [-0.2, 0) is 14.9 Å². The molecule has 10 heteroatoms. The van der Waals surface area contributed by atoms with E-state index in [1.807, 2.05) is 0 Å². The third-order valence-corrected chi connectivity index (χ3v) is 3.90. The van der Waals surface area contributed by atoms with Gasteiger partial charge in [-0.3, -0.25) is 0 Å². The van der Waals surface area contributed by atoms with Crippen LogP contribution in [0.1, 0.15) is 19.3 Å². The Hall–Kier alpha value is -1.55. The molecule has 1 fully saturated rings. The normalized spacial score (nSPS) is 16.7. The first-order valence-corrected chi connectivity index (χ1v) is 6.68. The zero-order valence-electron chi connectivity index (χ0n) is 9.87. The highest BCUT2D eigenvalue weighted by atomic mass is 32.2. The number of nitrogens with one attached hydrogen (secondary N) is 1. The second-order valence-corrected chi connectivity index (χ2v) is 5.41. The van der Waals surface area contributed by atoms with E-state index >= 15 is 0 Å². The number of hydrogen-bond acceptors (Lipinski definition) is 6. The summed E-state index contributed by atoms with van der Waals surface area (Å²) >= 11 is 0. The first-order chi connectivity index (χ1) is 8.40. The van der Waals surface area contributed by atoms with Gasteiger partial charge in [0.05, 0.1) is 7.11 Å². The number of nitrogens with zero attached hydrogens (tertiary/aromatic N) is 2. The zero-order chi connectivity index (χ0) is 13.8. The molecule has 0 aliphatic heterocycles. The number of nitrogens with two attached hydrogens (primary N) is 1. The topological polar surface area (TPSA) is 134 Å². The van der Waals surface area contributed by atoms with Gasteiger partial charge in [-0.05, 0) is 12.8 Å². The Morgan fingerprint density at radius 3 is 2.67 bits per heavy atom. The summed E-state index contributed by atoms with van der Waals surface area (Å²) in [5, 5.41) is 11.2. The zero-order valence-corrected chi connectivity index (χ0v) is 10.7. The van der Waals surface area contributed by atoms with E-state index in [1.54, 1.807) is 4.72 Å². The fraction of sp³-hybridized carbons (Fsp3) is 0.750. The van der Waals surface area contributed by atoms with Crippen molar-refractivity contribution in [1.29, 1.82) is 0 Å². The summed E-state index contributed by atoms with van der Waals surface area (Å²) in [6, 6.07) is -0.154. The van der Waals surface area contributed by atoms with Crippen LogP contribution >= 0.6 is 0 Å². The number of rotatable bonds is 6. The monoisotopic (exact) mass is 280 g/mol. The molecule has 1 rings (SSSR count). The van der Waals surface area contributed by atoms with Crippen LogP contribution in [0.15, 0.2) is 5.16 Å². The largest absolute Gasteiger partial charge is 0.452 e. The van der Waals surface area contributed by atoms with Gasteiger partial charge in [-0.15, -0.1) is 0 Å². The Balaban J connectivity index is 2.69. The molecule has 0 unspecified atom stereocenters. The Kier molecular flexibility index (Phi) is 4.73. The summed E-state index contributed by atoms with van der Waals surface area (Å²) in [4.78, 5) is 10.9. The molecule has 0 atom stereocenters. The predicted octanol–water partition coefficient (Wildman–Crippen LogP) is -0.812. The number of carbonyl (C=O) groups excluding carboxylic acids is 1. The van der Waals surface area contributed by atoms with Crippen LogP contribution in [-0.4, -0.2) is 49.6 Å². The number of amidine groups is 1. The van der Waals surface area contributed by atoms with Crippen molar-refractivity contribution >= 4 is 22.1 Å². The van der Waals surface area contributed by atoms with Gasteiger partial charge in [-0.2, -0.15) is 12.7 Å². The van der Waals surface area contributed by atoms with Crippen LogP contribution in [0.4, 0.5) is 4.79 Å². The molecule has 0 aromatic heterocycles. The molecule has 9 nitrogen and oxygen atoms in total. The highest BCUT2D eigenvalue weighted by Gasteiger charge is 2.38. The minimum absolute atomic E-state index is 0.0346. The quantitative estimate of drug-likeness (QED) is 0.252. The molecule has 104 valence electrons. The van der Waals surface area contributed by atoms with Crippen LogP contribution in [0.5, 0.6) is 0 Å². The second-order valence-electron chi connectivity index (χ2n) is 3.78. The molecule has 0 radical (unpaired) electrons. The first kappa shape index (κ1) is 14.5. The highest BCUT2D eigenvalue weighted by molar-refractivity contribution is 7.87. The average Bonchev–Trinajstić information content (AvgIpc) is 3.12. The Labute approximate surface area is 105 Å². The molecular weight excluding hydrogens is 264 g/mol. The van der Waals surface area contributed by atoms with Crippen LogP contribution < -0.4 is 10.5 Å². The Bertz CT molecular complexity index is 431. The average molecular weight is 280 g/mol. The summed E-state index contributed by atoms with van der Waals surface area (Å²) in [5.41, 5.74) is 5.28. The van der Waals surface area contributed by atoms with Gasteiger partial charge >= 0.3 is 16.3 Å². The number of ether oxygens (including phenoxy) is 1. The minimum atomic E-state index is -3.96. The maximum atomic E-state index is 11.9. The van der Waals surface area contributed by atoms with Crippen molar-refractivity contribution < 1.29 is 23.2 Å². The molecule has 0 heterocycles. The molecule has 1 saturated carbocycles. The van der Waals surface area contributed by atoms with E-state index in [9.17, 15) is 13.2 Å². The third-order valence-electron chi connectivity index (χ3n) is 2.38. The van der Waals surface area contributed by atoms with Gasteiger partial charge in [0.15, 0.2) is 0 Å². The lowest BCUT2D eigenvalue weighted by molar-refractivity contribution is 0.177. The SMILES string of the molecule is COC(=O)NS(=O)(=O)N(CCC(N)=NO)C1CC1. The molecule has 1 amide bonds. The third kappa shape index (κ3) is 4.04. The Morgan fingerprint density at radius 1 is 1.61 bits per heavy atom. The van der Waals surface area contributed by atoms with Gasteiger partial charge in [-0.25, -0.2) is 9.52 Å². The van der Waals surface area contributed by atoms with Crippen LogP contribution in [0.3, 0.4) is 0 Å². The maximum Gasteiger partial charge on any atom is 0.421 e. The molecular formula is C8H16N4O5S. The Morgan fingerprint density at radius 2 is 2.22 bits per heavy atom. The maximum absolute atomic E-state index is 11.9. The van der Waals surface area contributed by atoms with Gasteiger partial charge in [0, 0.05) is 19.0 Å². The standard InChI is InChI=1S/C8H16N4O5S/c1-17-8(13)11-18(15,16)12(6-2-3-6)5-4-7(9)10-14/h6,14H,2-5H2,1H3,(H2,9,10)(H,11,13). The van der Waals surface area contributed by atoms with E-state index in [0.29, 0.717) is 0 Å². The van der Waals surface area contributed by atoms with Gasteiger partial charge < -0.3 is 15.7 Å². The molecule has 4 N–H and O–H groups in total.